The highest BCUT2D eigenvalue weighted by Crippen LogP contribution is 2.32. The summed E-state index contributed by atoms with van der Waals surface area (Å²) in [4.78, 5) is 5.08. The minimum absolute atomic E-state index is 0.670. The van der Waals surface area contributed by atoms with E-state index in [1.807, 2.05) is 18.2 Å². The van der Waals surface area contributed by atoms with Crippen LogP contribution in [0.2, 0.25) is 10.0 Å². The first-order chi connectivity index (χ1) is 8.70. The zero-order valence-corrected chi connectivity index (χ0v) is 11.7. The van der Waals surface area contributed by atoms with Crippen molar-refractivity contribution in [1.82, 2.24) is 4.98 Å². The molecule has 0 aliphatic carbocycles. The van der Waals surface area contributed by atoms with Gasteiger partial charge in [-0.1, -0.05) is 29.3 Å². The first-order valence-electron chi connectivity index (χ1n) is 5.19. The van der Waals surface area contributed by atoms with Gasteiger partial charge in [0.15, 0.2) is 0 Å². The lowest BCUT2D eigenvalue weighted by molar-refractivity contribution is 1.18. The van der Waals surface area contributed by atoms with Crippen LogP contribution in [0.4, 0.5) is 5.82 Å². The number of rotatable bonds is 4. The first-order valence-corrected chi connectivity index (χ1v) is 6.93. The molecule has 1 aromatic heterocycles. The predicted octanol–water partition coefficient (Wildman–Crippen LogP) is 3.97. The van der Waals surface area contributed by atoms with Crippen LogP contribution in [0, 0.1) is 0 Å². The molecule has 0 radical (unpaired) electrons. The van der Waals surface area contributed by atoms with Gasteiger partial charge in [-0.3, -0.25) is 0 Å². The number of hydrogen-bond donors (Lipinski definition) is 2. The number of anilines is 1. The number of nitrogen functional groups attached to an aromatic ring is 1. The van der Waals surface area contributed by atoms with Gasteiger partial charge in [-0.2, -0.15) is 0 Å². The Balaban J connectivity index is 2.14. The molecule has 3 nitrogen and oxygen atoms in total. The Bertz CT molecular complexity index is 549. The van der Waals surface area contributed by atoms with E-state index >= 15 is 0 Å². The number of aromatic nitrogens is 1. The summed E-state index contributed by atoms with van der Waals surface area (Å²) in [7, 11) is 0. The largest absolute Gasteiger partial charge is 0.308 e. The van der Waals surface area contributed by atoms with Crippen LogP contribution in [0.15, 0.2) is 41.4 Å². The molecule has 0 atom stereocenters. The molecule has 0 saturated carbocycles. The summed E-state index contributed by atoms with van der Waals surface area (Å²) in [5.74, 6) is 6.79. The molecule has 2 rings (SSSR count). The Morgan fingerprint density at radius 3 is 2.89 bits per heavy atom. The zero-order valence-electron chi connectivity index (χ0n) is 9.36. The summed E-state index contributed by atoms with van der Waals surface area (Å²) >= 11 is 13.6. The lowest BCUT2D eigenvalue weighted by atomic mass is 10.3. The number of hydrazine groups is 1. The molecule has 3 N–H and O–H groups in total. The fourth-order valence-electron chi connectivity index (χ4n) is 1.43. The van der Waals surface area contributed by atoms with Crippen LogP contribution in [-0.2, 0) is 5.75 Å². The Labute approximate surface area is 120 Å². The maximum atomic E-state index is 6.10. The van der Waals surface area contributed by atoms with Crippen molar-refractivity contribution in [3.05, 3.63) is 52.1 Å². The number of pyridine rings is 1. The predicted molar refractivity (Wildman–Crippen MR) is 78.1 cm³/mol. The minimum atomic E-state index is 0.670. The molecule has 1 heterocycles. The molecular weight excluding hydrogens is 289 g/mol. The number of thioether (sulfide) groups is 1. The molecule has 0 bridgehead atoms. The Morgan fingerprint density at radius 1 is 1.28 bits per heavy atom. The second-order valence-corrected chi connectivity index (χ2v) is 5.38. The number of nitrogens with two attached hydrogens (primary N) is 1. The standard InChI is InChI=1S/C12H11Cl2N3S/c13-9-3-4-10(14)11(6-9)18-7-8-2-1-5-16-12(8)17-15/h1-6H,7,15H2,(H,16,17). The second-order valence-electron chi connectivity index (χ2n) is 3.52. The van der Waals surface area contributed by atoms with Crippen LogP contribution in [0.1, 0.15) is 5.56 Å². The van der Waals surface area contributed by atoms with Gasteiger partial charge in [0.05, 0.1) is 5.02 Å². The minimum Gasteiger partial charge on any atom is -0.308 e. The van der Waals surface area contributed by atoms with Crippen LogP contribution in [0.25, 0.3) is 0 Å². The molecule has 1 aromatic carbocycles. The van der Waals surface area contributed by atoms with Gasteiger partial charge < -0.3 is 5.43 Å². The van der Waals surface area contributed by atoms with Crippen LogP contribution in [0.3, 0.4) is 0 Å². The Hall–Kier alpha value is -0.940. The van der Waals surface area contributed by atoms with E-state index in [1.54, 1.807) is 30.1 Å². The average Bonchev–Trinajstić information content (AvgIpc) is 2.40. The highest BCUT2D eigenvalue weighted by molar-refractivity contribution is 7.98. The SMILES string of the molecule is NNc1ncccc1CSc1cc(Cl)ccc1Cl. The second kappa shape index (κ2) is 6.29. The smallest absolute Gasteiger partial charge is 0.143 e. The van der Waals surface area contributed by atoms with Crippen LogP contribution in [0.5, 0.6) is 0 Å². The molecule has 94 valence electrons. The van der Waals surface area contributed by atoms with Crippen molar-refractivity contribution in [2.75, 3.05) is 5.43 Å². The normalized spacial score (nSPS) is 10.4. The molecule has 0 aliphatic heterocycles. The van der Waals surface area contributed by atoms with Gasteiger partial charge in [-0.15, -0.1) is 11.8 Å². The number of nitrogens with zero attached hydrogens (tertiary/aromatic N) is 1. The van der Waals surface area contributed by atoms with Gasteiger partial charge in [0.25, 0.3) is 0 Å². The first kappa shape index (κ1) is 13.5. The van der Waals surface area contributed by atoms with Crippen molar-refractivity contribution in [2.45, 2.75) is 10.6 Å². The van der Waals surface area contributed by atoms with Gasteiger partial charge in [0.1, 0.15) is 5.82 Å². The average molecular weight is 300 g/mol. The molecule has 0 saturated heterocycles. The lowest BCUT2D eigenvalue weighted by Crippen LogP contribution is -2.10. The Kier molecular flexibility index (Phi) is 4.72. The van der Waals surface area contributed by atoms with Crippen LogP contribution < -0.4 is 11.3 Å². The van der Waals surface area contributed by atoms with Crippen LogP contribution in [-0.4, -0.2) is 4.98 Å². The number of hydrogen-bond acceptors (Lipinski definition) is 4. The molecule has 0 spiro atoms. The summed E-state index contributed by atoms with van der Waals surface area (Å²) < 4.78 is 0. The summed E-state index contributed by atoms with van der Waals surface area (Å²) in [6.45, 7) is 0. The summed E-state index contributed by atoms with van der Waals surface area (Å²) in [5.41, 5.74) is 3.59. The van der Waals surface area contributed by atoms with Gasteiger partial charge in [0, 0.05) is 27.4 Å². The van der Waals surface area contributed by atoms with Gasteiger partial charge >= 0.3 is 0 Å². The lowest BCUT2D eigenvalue weighted by Gasteiger charge is -2.08. The molecule has 6 heteroatoms. The monoisotopic (exact) mass is 299 g/mol. The molecule has 0 fully saturated rings. The van der Waals surface area contributed by atoms with Crippen molar-refractivity contribution in [3.8, 4) is 0 Å². The third-order valence-corrected chi connectivity index (χ3v) is 4.09. The van der Waals surface area contributed by atoms with Crippen molar-refractivity contribution in [2.24, 2.45) is 5.84 Å². The molecule has 0 aliphatic rings. The quantitative estimate of drug-likeness (QED) is 0.510. The van der Waals surface area contributed by atoms with E-state index in [0.29, 0.717) is 21.6 Å². The van der Waals surface area contributed by atoms with Crippen molar-refractivity contribution < 1.29 is 0 Å². The summed E-state index contributed by atoms with van der Waals surface area (Å²) in [5, 5.41) is 1.36. The molecular formula is C12H11Cl2N3S. The summed E-state index contributed by atoms with van der Waals surface area (Å²) in [6.07, 6.45) is 1.69. The van der Waals surface area contributed by atoms with E-state index in [0.717, 1.165) is 10.5 Å². The van der Waals surface area contributed by atoms with Crippen molar-refractivity contribution in [3.63, 3.8) is 0 Å². The third kappa shape index (κ3) is 3.29. The fraction of sp³-hybridized carbons (Fsp3) is 0.0833. The van der Waals surface area contributed by atoms with Gasteiger partial charge in [-0.25, -0.2) is 10.8 Å². The number of nitrogens with one attached hydrogen (secondary N) is 1. The molecule has 18 heavy (non-hydrogen) atoms. The van der Waals surface area contributed by atoms with Crippen molar-refractivity contribution in [1.29, 1.82) is 0 Å². The molecule has 0 unspecified atom stereocenters. The number of halogens is 2. The molecule has 2 aromatic rings. The highest BCUT2D eigenvalue weighted by atomic mass is 35.5. The summed E-state index contributed by atoms with van der Waals surface area (Å²) in [6, 6.07) is 9.24. The van der Waals surface area contributed by atoms with E-state index in [4.69, 9.17) is 29.0 Å². The van der Waals surface area contributed by atoms with Crippen LogP contribution >= 0.6 is 35.0 Å². The van der Waals surface area contributed by atoms with Gasteiger partial charge in [0.2, 0.25) is 0 Å². The van der Waals surface area contributed by atoms with Crippen molar-refractivity contribution >= 4 is 40.8 Å². The zero-order chi connectivity index (χ0) is 13.0. The van der Waals surface area contributed by atoms with E-state index in [2.05, 4.69) is 10.4 Å². The maximum absolute atomic E-state index is 6.10. The maximum Gasteiger partial charge on any atom is 0.143 e. The molecule has 0 amide bonds. The van der Waals surface area contributed by atoms with E-state index in [9.17, 15) is 0 Å². The van der Waals surface area contributed by atoms with E-state index < -0.39 is 0 Å². The van der Waals surface area contributed by atoms with E-state index in [-0.39, 0.29) is 0 Å². The Morgan fingerprint density at radius 2 is 2.11 bits per heavy atom. The fourth-order valence-corrected chi connectivity index (χ4v) is 2.91. The highest BCUT2D eigenvalue weighted by Gasteiger charge is 2.06. The van der Waals surface area contributed by atoms with Gasteiger partial charge in [-0.05, 0) is 24.3 Å². The third-order valence-electron chi connectivity index (χ3n) is 2.30. The number of benzene rings is 1. The van der Waals surface area contributed by atoms with E-state index in [1.165, 1.54) is 0 Å². The topological polar surface area (TPSA) is 50.9 Å².